The molecular formula is C17H27NO3. The van der Waals surface area contributed by atoms with Crippen molar-refractivity contribution in [2.75, 3.05) is 27.1 Å². The van der Waals surface area contributed by atoms with Crippen LogP contribution >= 0.6 is 0 Å². The van der Waals surface area contributed by atoms with Crippen molar-refractivity contribution in [1.82, 2.24) is 5.32 Å². The third kappa shape index (κ3) is 5.94. The average molecular weight is 293 g/mol. The highest BCUT2D eigenvalue weighted by atomic mass is 16.7. The summed E-state index contributed by atoms with van der Waals surface area (Å²) in [6.07, 6.45) is 2.60. The number of benzene rings is 1. The van der Waals surface area contributed by atoms with Gasteiger partial charge in [0.05, 0.1) is 13.7 Å². The first kappa shape index (κ1) is 16.1. The molecule has 2 rings (SSSR count). The van der Waals surface area contributed by atoms with Gasteiger partial charge in [0.15, 0.2) is 6.79 Å². The molecule has 118 valence electrons. The summed E-state index contributed by atoms with van der Waals surface area (Å²) in [6.45, 7) is 7.28. The Hall–Kier alpha value is -1.26. The number of rotatable bonds is 10. The molecule has 0 aromatic heterocycles. The Balaban J connectivity index is 1.86. The first-order valence-corrected chi connectivity index (χ1v) is 7.77. The summed E-state index contributed by atoms with van der Waals surface area (Å²) in [5.74, 6) is 3.10. The lowest BCUT2D eigenvalue weighted by atomic mass is 10.1. The van der Waals surface area contributed by atoms with Gasteiger partial charge in [0.2, 0.25) is 0 Å². The summed E-state index contributed by atoms with van der Waals surface area (Å²) in [6, 6.07) is 5.89. The Labute approximate surface area is 127 Å². The van der Waals surface area contributed by atoms with E-state index in [1.165, 1.54) is 12.8 Å². The lowest BCUT2D eigenvalue weighted by Crippen LogP contribution is -2.19. The molecule has 21 heavy (non-hydrogen) atoms. The quantitative estimate of drug-likeness (QED) is 0.531. The lowest BCUT2D eigenvalue weighted by molar-refractivity contribution is 0.00938. The third-order valence-electron chi connectivity index (χ3n) is 3.48. The minimum Gasteiger partial charge on any atom is -0.497 e. The summed E-state index contributed by atoms with van der Waals surface area (Å²) in [7, 11) is 1.68. The van der Waals surface area contributed by atoms with Gasteiger partial charge in [0.25, 0.3) is 0 Å². The molecule has 0 bridgehead atoms. The standard InChI is InChI=1S/C17H27NO3/c1-13(2)9-18-10-15-8-16(19-3)6-7-17(15)21-12-20-11-14-4-5-14/h6-8,13-14,18H,4-5,9-12H2,1-3H3. The minimum absolute atomic E-state index is 0.319. The summed E-state index contributed by atoms with van der Waals surface area (Å²) in [4.78, 5) is 0. The topological polar surface area (TPSA) is 39.7 Å². The van der Waals surface area contributed by atoms with Crippen LogP contribution in [0.25, 0.3) is 0 Å². The van der Waals surface area contributed by atoms with E-state index in [0.717, 1.165) is 42.7 Å². The molecule has 1 fully saturated rings. The van der Waals surface area contributed by atoms with Crippen molar-refractivity contribution < 1.29 is 14.2 Å². The molecule has 1 saturated carbocycles. The largest absolute Gasteiger partial charge is 0.497 e. The molecule has 1 aliphatic rings. The van der Waals surface area contributed by atoms with Gasteiger partial charge in [-0.3, -0.25) is 0 Å². The molecule has 0 unspecified atom stereocenters. The third-order valence-corrected chi connectivity index (χ3v) is 3.48. The van der Waals surface area contributed by atoms with E-state index >= 15 is 0 Å². The summed E-state index contributed by atoms with van der Waals surface area (Å²) < 4.78 is 16.6. The molecule has 1 aromatic rings. The van der Waals surface area contributed by atoms with Gasteiger partial charge in [0.1, 0.15) is 11.5 Å². The Morgan fingerprint density at radius 1 is 1.29 bits per heavy atom. The number of ether oxygens (including phenoxy) is 3. The van der Waals surface area contributed by atoms with Crippen molar-refractivity contribution in [3.63, 3.8) is 0 Å². The zero-order valence-electron chi connectivity index (χ0n) is 13.4. The van der Waals surface area contributed by atoms with Crippen molar-refractivity contribution in [1.29, 1.82) is 0 Å². The van der Waals surface area contributed by atoms with Gasteiger partial charge in [-0.05, 0) is 49.4 Å². The van der Waals surface area contributed by atoms with Crippen molar-refractivity contribution >= 4 is 0 Å². The summed E-state index contributed by atoms with van der Waals surface area (Å²) in [5.41, 5.74) is 1.10. The molecule has 0 aliphatic heterocycles. The molecule has 0 atom stereocenters. The van der Waals surface area contributed by atoms with Gasteiger partial charge in [-0.1, -0.05) is 13.8 Å². The maximum atomic E-state index is 5.75. The van der Waals surface area contributed by atoms with Crippen LogP contribution in [0.3, 0.4) is 0 Å². The van der Waals surface area contributed by atoms with E-state index in [9.17, 15) is 0 Å². The van der Waals surface area contributed by atoms with E-state index < -0.39 is 0 Å². The van der Waals surface area contributed by atoms with Gasteiger partial charge in [-0.2, -0.15) is 0 Å². The first-order valence-electron chi connectivity index (χ1n) is 7.77. The van der Waals surface area contributed by atoms with Crippen LogP contribution in [0.4, 0.5) is 0 Å². The molecule has 1 aromatic carbocycles. The van der Waals surface area contributed by atoms with Gasteiger partial charge >= 0.3 is 0 Å². The monoisotopic (exact) mass is 293 g/mol. The van der Waals surface area contributed by atoms with Crippen LogP contribution in [-0.4, -0.2) is 27.1 Å². The second kappa shape index (κ2) is 8.25. The van der Waals surface area contributed by atoms with Crippen molar-refractivity contribution in [2.24, 2.45) is 11.8 Å². The molecule has 1 N–H and O–H groups in total. The second-order valence-corrected chi connectivity index (χ2v) is 6.07. The fourth-order valence-electron chi connectivity index (χ4n) is 2.06. The number of hydrogen-bond donors (Lipinski definition) is 1. The summed E-state index contributed by atoms with van der Waals surface area (Å²) >= 11 is 0. The second-order valence-electron chi connectivity index (χ2n) is 6.07. The van der Waals surface area contributed by atoms with Crippen LogP contribution in [0, 0.1) is 11.8 Å². The van der Waals surface area contributed by atoms with Gasteiger partial charge in [-0.25, -0.2) is 0 Å². The van der Waals surface area contributed by atoms with Crippen LogP contribution < -0.4 is 14.8 Å². The Morgan fingerprint density at radius 2 is 2.10 bits per heavy atom. The zero-order valence-corrected chi connectivity index (χ0v) is 13.4. The number of nitrogens with one attached hydrogen (secondary N) is 1. The molecule has 0 amide bonds. The SMILES string of the molecule is COc1ccc(OCOCC2CC2)c(CNCC(C)C)c1. The van der Waals surface area contributed by atoms with Crippen LogP contribution in [0.5, 0.6) is 11.5 Å². The fourth-order valence-corrected chi connectivity index (χ4v) is 2.06. The van der Waals surface area contributed by atoms with Crippen molar-refractivity contribution in [3.8, 4) is 11.5 Å². The molecule has 0 saturated heterocycles. The Bertz CT molecular complexity index is 430. The minimum atomic E-state index is 0.319. The first-order chi connectivity index (χ1) is 10.2. The average Bonchev–Trinajstić information content (AvgIpc) is 3.28. The number of hydrogen-bond acceptors (Lipinski definition) is 4. The normalized spacial score (nSPS) is 14.5. The molecule has 4 nitrogen and oxygen atoms in total. The van der Waals surface area contributed by atoms with E-state index in [0.29, 0.717) is 12.7 Å². The van der Waals surface area contributed by atoms with Gasteiger partial charge in [-0.15, -0.1) is 0 Å². The molecule has 1 aliphatic carbocycles. The van der Waals surface area contributed by atoms with Gasteiger partial charge < -0.3 is 19.5 Å². The Morgan fingerprint density at radius 3 is 2.76 bits per heavy atom. The molecular weight excluding hydrogens is 266 g/mol. The molecule has 0 heterocycles. The highest BCUT2D eigenvalue weighted by molar-refractivity contribution is 5.40. The fraction of sp³-hybridized carbons (Fsp3) is 0.647. The predicted octanol–water partition coefficient (Wildman–Crippen LogP) is 3.20. The van der Waals surface area contributed by atoms with Crippen molar-refractivity contribution in [3.05, 3.63) is 23.8 Å². The predicted molar refractivity (Wildman–Crippen MR) is 83.7 cm³/mol. The van der Waals surface area contributed by atoms with Crippen LogP contribution in [0.15, 0.2) is 18.2 Å². The van der Waals surface area contributed by atoms with Crippen LogP contribution in [0.1, 0.15) is 32.3 Å². The van der Waals surface area contributed by atoms with E-state index in [-0.39, 0.29) is 0 Å². The summed E-state index contributed by atoms with van der Waals surface area (Å²) in [5, 5.41) is 3.44. The maximum Gasteiger partial charge on any atom is 0.189 e. The number of methoxy groups -OCH3 is 1. The van der Waals surface area contributed by atoms with E-state index in [1.54, 1.807) is 7.11 Å². The Kier molecular flexibility index (Phi) is 6.33. The molecule has 0 spiro atoms. The maximum absolute atomic E-state index is 5.75. The van der Waals surface area contributed by atoms with E-state index in [2.05, 4.69) is 19.2 Å². The van der Waals surface area contributed by atoms with E-state index in [4.69, 9.17) is 14.2 Å². The highest BCUT2D eigenvalue weighted by Gasteiger charge is 2.21. The zero-order chi connectivity index (χ0) is 15.1. The lowest BCUT2D eigenvalue weighted by Gasteiger charge is -2.14. The highest BCUT2D eigenvalue weighted by Crippen LogP contribution is 2.29. The van der Waals surface area contributed by atoms with E-state index in [1.807, 2.05) is 18.2 Å². The van der Waals surface area contributed by atoms with Crippen LogP contribution in [-0.2, 0) is 11.3 Å². The van der Waals surface area contributed by atoms with Gasteiger partial charge in [0, 0.05) is 12.1 Å². The van der Waals surface area contributed by atoms with Crippen molar-refractivity contribution in [2.45, 2.75) is 33.2 Å². The molecule has 0 radical (unpaired) electrons. The smallest absolute Gasteiger partial charge is 0.189 e. The van der Waals surface area contributed by atoms with Crippen LogP contribution in [0.2, 0.25) is 0 Å². The molecule has 4 heteroatoms.